The van der Waals surface area contributed by atoms with Gasteiger partial charge in [0.1, 0.15) is 12.4 Å². The number of halogens is 1. The Hall–Kier alpha value is -0.510. The molecule has 13 heavy (non-hydrogen) atoms. The minimum atomic E-state index is 0.622. The average molecular weight is 288 g/mol. The van der Waals surface area contributed by atoms with Gasteiger partial charge in [-0.2, -0.15) is 0 Å². The maximum Gasteiger partial charge on any atom is 0.120 e. The van der Waals surface area contributed by atoms with Crippen LogP contribution in [0.3, 0.4) is 0 Å². The Labute approximate surface area is 92.9 Å². The normalized spacial score (nSPS) is 9.69. The molecular formula is C11H13IO. The van der Waals surface area contributed by atoms with E-state index in [1.807, 2.05) is 24.3 Å². The van der Waals surface area contributed by atoms with Crippen molar-refractivity contribution in [1.29, 1.82) is 0 Å². The van der Waals surface area contributed by atoms with E-state index in [1.165, 1.54) is 3.57 Å². The standard InChI is InChI=1S/C11H13IO/c1-3-9(2)8-13-11-6-4-5-10(12)7-11/h4-7H,2-3,8H2,1H3. The van der Waals surface area contributed by atoms with Crippen molar-refractivity contribution >= 4 is 22.6 Å². The van der Waals surface area contributed by atoms with Gasteiger partial charge in [-0.25, -0.2) is 0 Å². The molecule has 1 nitrogen and oxygen atoms in total. The molecule has 1 aromatic carbocycles. The van der Waals surface area contributed by atoms with Gasteiger partial charge in [0.2, 0.25) is 0 Å². The van der Waals surface area contributed by atoms with E-state index in [-0.39, 0.29) is 0 Å². The zero-order valence-electron chi connectivity index (χ0n) is 7.72. The van der Waals surface area contributed by atoms with E-state index in [2.05, 4.69) is 36.1 Å². The van der Waals surface area contributed by atoms with E-state index >= 15 is 0 Å². The van der Waals surface area contributed by atoms with Gasteiger partial charge in [-0.1, -0.05) is 19.6 Å². The first kappa shape index (κ1) is 10.6. The molecule has 1 rings (SSSR count). The van der Waals surface area contributed by atoms with Gasteiger partial charge < -0.3 is 4.74 Å². The van der Waals surface area contributed by atoms with Crippen molar-refractivity contribution in [3.05, 3.63) is 40.0 Å². The van der Waals surface area contributed by atoms with E-state index in [0.717, 1.165) is 17.7 Å². The second-order valence-electron chi connectivity index (χ2n) is 2.85. The van der Waals surface area contributed by atoms with Crippen LogP contribution < -0.4 is 4.74 Å². The molecule has 0 saturated heterocycles. The molecule has 0 heterocycles. The van der Waals surface area contributed by atoms with E-state index in [0.29, 0.717) is 6.61 Å². The first-order chi connectivity index (χ1) is 6.22. The third-order valence-corrected chi connectivity index (χ3v) is 2.41. The third kappa shape index (κ3) is 3.81. The zero-order chi connectivity index (χ0) is 9.68. The van der Waals surface area contributed by atoms with E-state index < -0.39 is 0 Å². The summed E-state index contributed by atoms with van der Waals surface area (Å²) in [6.45, 7) is 6.59. The maximum absolute atomic E-state index is 5.54. The predicted octanol–water partition coefficient (Wildman–Crippen LogP) is 3.64. The van der Waals surface area contributed by atoms with Crippen LogP contribution in [0.1, 0.15) is 13.3 Å². The molecule has 0 saturated carbocycles. The first-order valence-electron chi connectivity index (χ1n) is 4.27. The van der Waals surface area contributed by atoms with Crippen molar-refractivity contribution in [2.75, 3.05) is 6.61 Å². The maximum atomic E-state index is 5.54. The quantitative estimate of drug-likeness (QED) is 0.607. The van der Waals surface area contributed by atoms with Gasteiger partial charge in [0.25, 0.3) is 0 Å². The smallest absolute Gasteiger partial charge is 0.120 e. The second-order valence-corrected chi connectivity index (χ2v) is 4.10. The lowest BCUT2D eigenvalue weighted by molar-refractivity contribution is 0.349. The Morgan fingerprint density at radius 1 is 1.54 bits per heavy atom. The molecule has 0 aliphatic heterocycles. The molecule has 0 aromatic heterocycles. The van der Waals surface area contributed by atoms with Crippen molar-refractivity contribution in [1.82, 2.24) is 0 Å². The van der Waals surface area contributed by atoms with E-state index in [9.17, 15) is 0 Å². The largest absolute Gasteiger partial charge is 0.489 e. The third-order valence-electron chi connectivity index (χ3n) is 1.74. The molecule has 1 aromatic rings. The molecule has 0 radical (unpaired) electrons. The minimum absolute atomic E-state index is 0.622. The van der Waals surface area contributed by atoms with Crippen LogP contribution in [0.5, 0.6) is 5.75 Å². The molecule has 0 unspecified atom stereocenters. The summed E-state index contributed by atoms with van der Waals surface area (Å²) in [5, 5.41) is 0. The summed E-state index contributed by atoms with van der Waals surface area (Å²) in [7, 11) is 0. The fraction of sp³-hybridized carbons (Fsp3) is 0.273. The fourth-order valence-electron chi connectivity index (χ4n) is 0.844. The van der Waals surface area contributed by atoms with Gasteiger partial charge in [0.05, 0.1) is 0 Å². The number of rotatable bonds is 4. The summed E-state index contributed by atoms with van der Waals surface area (Å²) < 4.78 is 6.73. The molecule has 0 amide bonds. The zero-order valence-corrected chi connectivity index (χ0v) is 9.87. The Balaban J connectivity index is 2.50. The van der Waals surface area contributed by atoms with Gasteiger partial charge in [-0.05, 0) is 52.8 Å². The Morgan fingerprint density at radius 3 is 2.92 bits per heavy atom. The van der Waals surface area contributed by atoms with Crippen molar-refractivity contribution in [3.8, 4) is 5.75 Å². The molecule has 70 valence electrons. The topological polar surface area (TPSA) is 9.23 Å². The Kier molecular flexibility index (Phi) is 4.28. The van der Waals surface area contributed by atoms with Crippen LogP contribution in [0.2, 0.25) is 0 Å². The highest BCUT2D eigenvalue weighted by atomic mass is 127. The van der Waals surface area contributed by atoms with Gasteiger partial charge in [-0.15, -0.1) is 0 Å². The van der Waals surface area contributed by atoms with Crippen molar-refractivity contribution in [2.24, 2.45) is 0 Å². The van der Waals surface area contributed by atoms with Crippen molar-refractivity contribution in [3.63, 3.8) is 0 Å². The van der Waals surface area contributed by atoms with Crippen LogP contribution in [-0.4, -0.2) is 6.61 Å². The second kappa shape index (κ2) is 5.27. The fourth-order valence-corrected chi connectivity index (χ4v) is 1.36. The molecule has 0 spiro atoms. The lowest BCUT2D eigenvalue weighted by Gasteiger charge is -2.06. The van der Waals surface area contributed by atoms with Crippen LogP contribution in [-0.2, 0) is 0 Å². The molecule has 0 aliphatic carbocycles. The summed E-state index contributed by atoms with van der Waals surface area (Å²) in [6.07, 6.45) is 0.976. The molecule has 0 fully saturated rings. The van der Waals surface area contributed by atoms with Crippen LogP contribution >= 0.6 is 22.6 Å². The molecular weight excluding hydrogens is 275 g/mol. The van der Waals surface area contributed by atoms with Crippen LogP contribution in [0.4, 0.5) is 0 Å². The number of benzene rings is 1. The van der Waals surface area contributed by atoms with Gasteiger partial charge in [-0.3, -0.25) is 0 Å². The Morgan fingerprint density at radius 2 is 2.31 bits per heavy atom. The van der Waals surface area contributed by atoms with Gasteiger partial charge >= 0.3 is 0 Å². The van der Waals surface area contributed by atoms with Crippen molar-refractivity contribution < 1.29 is 4.74 Å². The lowest BCUT2D eigenvalue weighted by Crippen LogP contribution is -1.99. The van der Waals surface area contributed by atoms with Gasteiger partial charge in [0.15, 0.2) is 0 Å². The first-order valence-corrected chi connectivity index (χ1v) is 5.35. The summed E-state index contributed by atoms with van der Waals surface area (Å²) in [6, 6.07) is 8.02. The Bertz CT molecular complexity index is 294. The summed E-state index contributed by atoms with van der Waals surface area (Å²) in [4.78, 5) is 0. The highest BCUT2D eigenvalue weighted by molar-refractivity contribution is 14.1. The number of hydrogen-bond acceptors (Lipinski definition) is 1. The van der Waals surface area contributed by atoms with Crippen LogP contribution in [0, 0.1) is 3.57 Å². The lowest BCUT2D eigenvalue weighted by atomic mass is 10.2. The SMILES string of the molecule is C=C(CC)COc1cccc(I)c1. The van der Waals surface area contributed by atoms with Crippen LogP contribution in [0.25, 0.3) is 0 Å². The summed E-state index contributed by atoms with van der Waals surface area (Å²) in [5.74, 6) is 0.918. The summed E-state index contributed by atoms with van der Waals surface area (Å²) in [5.41, 5.74) is 1.12. The number of hydrogen-bond donors (Lipinski definition) is 0. The molecule has 0 N–H and O–H groups in total. The number of ether oxygens (including phenoxy) is 1. The van der Waals surface area contributed by atoms with Gasteiger partial charge in [0, 0.05) is 3.57 Å². The van der Waals surface area contributed by atoms with Crippen LogP contribution in [0.15, 0.2) is 36.4 Å². The van der Waals surface area contributed by atoms with E-state index in [1.54, 1.807) is 0 Å². The highest BCUT2D eigenvalue weighted by Gasteiger charge is 1.95. The average Bonchev–Trinajstić information content (AvgIpc) is 2.14. The highest BCUT2D eigenvalue weighted by Crippen LogP contribution is 2.15. The molecule has 0 atom stereocenters. The monoisotopic (exact) mass is 288 g/mol. The summed E-state index contributed by atoms with van der Waals surface area (Å²) >= 11 is 2.27. The molecule has 2 heteroatoms. The van der Waals surface area contributed by atoms with Crippen molar-refractivity contribution in [2.45, 2.75) is 13.3 Å². The van der Waals surface area contributed by atoms with E-state index in [4.69, 9.17) is 4.74 Å². The predicted molar refractivity (Wildman–Crippen MR) is 64.1 cm³/mol. The molecule has 0 aliphatic rings. The molecule has 0 bridgehead atoms. The minimum Gasteiger partial charge on any atom is -0.489 e.